The van der Waals surface area contributed by atoms with Crippen molar-refractivity contribution in [1.29, 1.82) is 0 Å². The van der Waals surface area contributed by atoms with Gasteiger partial charge in [0.05, 0.1) is 5.69 Å². The van der Waals surface area contributed by atoms with Crippen molar-refractivity contribution in [2.24, 2.45) is 0 Å². The predicted octanol–water partition coefficient (Wildman–Crippen LogP) is 2.28. The van der Waals surface area contributed by atoms with Gasteiger partial charge in [0.1, 0.15) is 0 Å². The molecule has 0 saturated heterocycles. The number of alkyl halides is 3. The van der Waals surface area contributed by atoms with Crippen LogP contribution in [0.1, 0.15) is 16.8 Å². The number of carbonyl (C=O) groups is 1. The molecule has 0 bridgehead atoms. The Labute approximate surface area is 120 Å². The molecule has 0 saturated carbocycles. The Kier molecular flexibility index (Phi) is 5.83. The van der Waals surface area contributed by atoms with E-state index in [1.165, 1.54) is 11.0 Å². The molecule has 1 aromatic rings. The topological polar surface area (TPSA) is 64.8 Å². The van der Waals surface area contributed by atoms with Crippen molar-refractivity contribution in [3.63, 3.8) is 0 Å². The minimum absolute atomic E-state index is 0.196. The predicted molar refractivity (Wildman–Crippen MR) is 71.0 cm³/mol. The molecule has 8 heteroatoms. The van der Waals surface area contributed by atoms with Crippen molar-refractivity contribution in [1.82, 2.24) is 4.90 Å². The smallest absolute Gasteiger partial charge is 0.404 e. The molecule has 5 nitrogen and oxygen atoms in total. The van der Waals surface area contributed by atoms with Crippen LogP contribution in [0, 0.1) is 0 Å². The van der Waals surface area contributed by atoms with Crippen LogP contribution in [0.5, 0.6) is 5.75 Å². The highest BCUT2D eigenvalue weighted by Gasteiger charge is 2.32. The highest BCUT2D eigenvalue weighted by molar-refractivity contribution is 5.95. The molecule has 0 radical (unpaired) electrons. The maximum absolute atomic E-state index is 12.1. The second kappa shape index (κ2) is 7.16. The van der Waals surface area contributed by atoms with Gasteiger partial charge in [-0.25, -0.2) is 0 Å². The number of amides is 1. The minimum atomic E-state index is -4.82. The zero-order chi connectivity index (χ0) is 16.0. The lowest BCUT2D eigenvalue weighted by Gasteiger charge is -2.18. The summed E-state index contributed by atoms with van der Waals surface area (Å²) in [4.78, 5) is 13.5. The van der Waals surface area contributed by atoms with Crippen LogP contribution >= 0.6 is 0 Å². The third kappa shape index (κ3) is 5.50. The molecule has 0 aliphatic heterocycles. The average molecular weight is 306 g/mol. The molecule has 0 spiro atoms. The van der Waals surface area contributed by atoms with Gasteiger partial charge in [0, 0.05) is 32.9 Å². The Hall–Kier alpha value is -1.96. The number of halogens is 3. The average Bonchev–Trinajstić information content (AvgIpc) is 2.39. The Morgan fingerprint density at radius 1 is 1.38 bits per heavy atom. The summed E-state index contributed by atoms with van der Waals surface area (Å²) in [6.45, 7) is 0.978. The molecule has 21 heavy (non-hydrogen) atoms. The lowest BCUT2D eigenvalue weighted by molar-refractivity contribution is -0.274. The fraction of sp³-hybridized carbons (Fsp3) is 0.462. The normalized spacial score (nSPS) is 11.3. The van der Waals surface area contributed by atoms with E-state index in [0.717, 1.165) is 12.1 Å². The summed E-state index contributed by atoms with van der Waals surface area (Å²) < 4.78 is 45.0. The van der Waals surface area contributed by atoms with Gasteiger partial charge in [-0.15, -0.1) is 13.2 Å². The molecule has 0 unspecified atom stereocenters. The third-order valence-electron chi connectivity index (χ3n) is 2.67. The van der Waals surface area contributed by atoms with Gasteiger partial charge in [-0.2, -0.15) is 0 Å². The highest BCUT2D eigenvalue weighted by Crippen LogP contribution is 2.29. The molecule has 0 aliphatic carbocycles. The monoisotopic (exact) mass is 306 g/mol. The molecule has 1 rings (SSSR count). The van der Waals surface area contributed by atoms with Crippen LogP contribution in [-0.4, -0.2) is 44.5 Å². The van der Waals surface area contributed by atoms with Gasteiger partial charge < -0.3 is 20.1 Å². The van der Waals surface area contributed by atoms with Crippen molar-refractivity contribution >= 4 is 11.6 Å². The first-order chi connectivity index (χ1) is 9.74. The lowest BCUT2D eigenvalue weighted by Crippen LogP contribution is -2.28. The van der Waals surface area contributed by atoms with Gasteiger partial charge in [-0.1, -0.05) is 0 Å². The molecular formula is C13H17F3N2O3. The lowest BCUT2D eigenvalue weighted by atomic mass is 10.1. The summed E-state index contributed by atoms with van der Waals surface area (Å²) in [6.07, 6.45) is -4.17. The minimum Gasteiger partial charge on any atom is -0.404 e. The number of carbonyl (C=O) groups excluding carboxylic acids is 1. The number of methoxy groups -OCH3 is 1. The first-order valence-corrected chi connectivity index (χ1v) is 6.14. The number of hydrogen-bond acceptors (Lipinski definition) is 4. The van der Waals surface area contributed by atoms with Crippen molar-refractivity contribution < 1.29 is 27.4 Å². The van der Waals surface area contributed by atoms with E-state index in [4.69, 9.17) is 10.5 Å². The van der Waals surface area contributed by atoms with Crippen LogP contribution < -0.4 is 10.5 Å². The highest BCUT2D eigenvalue weighted by atomic mass is 19.4. The maximum Gasteiger partial charge on any atom is 0.573 e. The van der Waals surface area contributed by atoms with E-state index >= 15 is 0 Å². The number of benzene rings is 1. The van der Waals surface area contributed by atoms with E-state index < -0.39 is 12.1 Å². The zero-order valence-corrected chi connectivity index (χ0v) is 11.7. The SMILES string of the molecule is COCCCN(C)C(=O)c1ccc(OC(F)(F)F)c(N)c1. The third-order valence-corrected chi connectivity index (χ3v) is 2.67. The van der Waals surface area contributed by atoms with Gasteiger partial charge in [-0.05, 0) is 24.6 Å². The second-order valence-electron chi connectivity index (χ2n) is 4.37. The number of nitrogens with two attached hydrogens (primary N) is 1. The maximum atomic E-state index is 12.1. The molecule has 1 aromatic carbocycles. The summed E-state index contributed by atoms with van der Waals surface area (Å²) in [5.41, 5.74) is 5.42. The van der Waals surface area contributed by atoms with Crippen molar-refractivity contribution in [2.75, 3.05) is 33.0 Å². The first kappa shape index (κ1) is 17.1. The molecule has 1 amide bonds. The van der Waals surface area contributed by atoms with E-state index in [9.17, 15) is 18.0 Å². The largest absolute Gasteiger partial charge is 0.573 e. The van der Waals surface area contributed by atoms with E-state index in [1.807, 2.05) is 0 Å². The fourth-order valence-corrected chi connectivity index (χ4v) is 1.67. The Morgan fingerprint density at radius 2 is 2.05 bits per heavy atom. The van der Waals surface area contributed by atoms with Crippen LogP contribution in [0.2, 0.25) is 0 Å². The number of hydrogen-bond donors (Lipinski definition) is 1. The van der Waals surface area contributed by atoms with Crippen molar-refractivity contribution in [3.05, 3.63) is 23.8 Å². The van der Waals surface area contributed by atoms with Crippen LogP contribution in [0.4, 0.5) is 18.9 Å². The molecule has 0 heterocycles. The Bertz CT molecular complexity index is 492. The molecule has 0 fully saturated rings. The number of rotatable bonds is 6. The Balaban J connectivity index is 2.76. The number of anilines is 1. The van der Waals surface area contributed by atoms with Gasteiger partial charge >= 0.3 is 6.36 Å². The summed E-state index contributed by atoms with van der Waals surface area (Å²) >= 11 is 0. The van der Waals surface area contributed by atoms with Crippen molar-refractivity contribution in [3.8, 4) is 5.75 Å². The summed E-state index contributed by atoms with van der Waals surface area (Å²) in [5.74, 6) is -0.863. The second-order valence-corrected chi connectivity index (χ2v) is 4.37. The quantitative estimate of drug-likeness (QED) is 0.647. The van der Waals surface area contributed by atoms with Crippen LogP contribution in [0.15, 0.2) is 18.2 Å². The molecule has 0 atom stereocenters. The number of ether oxygens (including phenoxy) is 2. The Morgan fingerprint density at radius 3 is 2.57 bits per heavy atom. The van der Waals surface area contributed by atoms with E-state index in [1.54, 1.807) is 14.2 Å². The molecule has 118 valence electrons. The van der Waals surface area contributed by atoms with Gasteiger partial charge in [0.2, 0.25) is 0 Å². The number of nitrogens with zero attached hydrogens (tertiary/aromatic N) is 1. The molecular weight excluding hydrogens is 289 g/mol. The van der Waals surface area contributed by atoms with Crippen molar-refractivity contribution in [2.45, 2.75) is 12.8 Å². The first-order valence-electron chi connectivity index (χ1n) is 6.14. The van der Waals surface area contributed by atoms with Gasteiger partial charge in [-0.3, -0.25) is 4.79 Å². The van der Waals surface area contributed by atoms with Gasteiger partial charge in [0.15, 0.2) is 5.75 Å². The van der Waals surface area contributed by atoms with E-state index in [-0.39, 0.29) is 17.2 Å². The van der Waals surface area contributed by atoms with E-state index in [2.05, 4.69) is 4.74 Å². The van der Waals surface area contributed by atoms with Crippen LogP contribution in [0.25, 0.3) is 0 Å². The summed E-state index contributed by atoms with van der Waals surface area (Å²) in [7, 11) is 3.15. The fourth-order valence-electron chi connectivity index (χ4n) is 1.67. The molecule has 0 aromatic heterocycles. The molecule has 2 N–H and O–H groups in total. The van der Waals surface area contributed by atoms with Crippen LogP contribution in [-0.2, 0) is 4.74 Å². The standard InChI is InChI=1S/C13H17F3N2O3/c1-18(6-3-7-20-2)12(19)9-4-5-11(10(17)8-9)21-13(14,15)16/h4-5,8H,3,6-7,17H2,1-2H3. The molecule has 0 aliphatic rings. The summed E-state index contributed by atoms with van der Waals surface area (Å²) in [6, 6.07) is 3.43. The zero-order valence-electron chi connectivity index (χ0n) is 11.7. The van der Waals surface area contributed by atoms with E-state index in [0.29, 0.717) is 19.6 Å². The van der Waals surface area contributed by atoms with Gasteiger partial charge in [0.25, 0.3) is 5.91 Å². The number of nitrogen functional groups attached to an aromatic ring is 1. The summed E-state index contributed by atoms with van der Waals surface area (Å²) in [5, 5.41) is 0. The van der Waals surface area contributed by atoms with Crippen LogP contribution in [0.3, 0.4) is 0 Å².